The fourth-order valence-corrected chi connectivity index (χ4v) is 1.20. The summed E-state index contributed by atoms with van der Waals surface area (Å²) in [5, 5.41) is 7.26. The van der Waals surface area contributed by atoms with Gasteiger partial charge in [0.05, 0.1) is 6.61 Å². The maximum absolute atomic E-state index is 7.26. The number of ether oxygens (including phenoxy) is 2. The van der Waals surface area contributed by atoms with Gasteiger partial charge < -0.3 is 15.2 Å². The molecular formula is C12H19N3O2. The molecule has 0 atom stereocenters. The van der Waals surface area contributed by atoms with Gasteiger partial charge in [-0.1, -0.05) is 19.4 Å². The van der Waals surface area contributed by atoms with Crippen molar-refractivity contribution in [2.45, 2.75) is 19.8 Å². The van der Waals surface area contributed by atoms with E-state index in [1.807, 2.05) is 0 Å². The number of amidine groups is 1. The molecule has 1 aromatic heterocycles. The van der Waals surface area contributed by atoms with E-state index in [2.05, 4.69) is 11.9 Å². The van der Waals surface area contributed by atoms with Crippen molar-refractivity contribution in [1.82, 2.24) is 4.98 Å². The monoisotopic (exact) mass is 237 g/mol. The molecule has 5 nitrogen and oxygen atoms in total. The van der Waals surface area contributed by atoms with Gasteiger partial charge in [0, 0.05) is 12.7 Å². The zero-order valence-electron chi connectivity index (χ0n) is 10.1. The van der Waals surface area contributed by atoms with Gasteiger partial charge in [-0.15, -0.1) is 0 Å². The summed E-state index contributed by atoms with van der Waals surface area (Å²) in [6.45, 7) is 3.89. The van der Waals surface area contributed by atoms with Crippen LogP contribution in [0.3, 0.4) is 0 Å². The SMILES string of the molecule is CCCCOCCOc1cccc(C(=N)N)n1. The molecule has 94 valence electrons. The first-order valence-corrected chi connectivity index (χ1v) is 5.76. The van der Waals surface area contributed by atoms with E-state index in [1.54, 1.807) is 18.2 Å². The van der Waals surface area contributed by atoms with Gasteiger partial charge in [-0.2, -0.15) is 0 Å². The summed E-state index contributed by atoms with van der Waals surface area (Å²) < 4.78 is 10.7. The second-order valence-corrected chi connectivity index (χ2v) is 3.59. The van der Waals surface area contributed by atoms with Crippen molar-refractivity contribution in [3.05, 3.63) is 23.9 Å². The first-order chi connectivity index (χ1) is 8.24. The lowest BCUT2D eigenvalue weighted by Gasteiger charge is -2.07. The van der Waals surface area contributed by atoms with E-state index in [1.165, 1.54) is 0 Å². The number of rotatable bonds is 8. The molecule has 0 aliphatic carbocycles. The predicted octanol–water partition coefficient (Wildman–Crippen LogP) is 1.56. The lowest BCUT2D eigenvalue weighted by molar-refractivity contribution is 0.0965. The van der Waals surface area contributed by atoms with Gasteiger partial charge >= 0.3 is 0 Å². The molecular weight excluding hydrogens is 218 g/mol. The molecule has 0 aromatic carbocycles. The molecule has 0 aliphatic heterocycles. The van der Waals surface area contributed by atoms with Crippen LogP contribution < -0.4 is 10.5 Å². The average Bonchev–Trinajstić information content (AvgIpc) is 2.34. The van der Waals surface area contributed by atoms with Crippen molar-refractivity contribution >= 4 is 5.84 Å². The predicted molar refractivity (Wildman–Crippen MR) is 66.5 cm³/mol. The van der Waals surface area contributed by atoms with Crippen LogP contribution in [0.4, 0.5) is 0 Å². The van der Waals surface area contributed by atoms with Crippen molar-refractivity contribution < 1.29 is 9.47 Å². The van der Waals surface area contributed by atoms with Crippen LogP contribution in [0, 0.1) is 5.41 Å². The smallest absolute Gasteiger partial charge is 0.213 e. The fourth-order valence-electron chi connectivity index (χ4n) is 1.20. The second kappa shape index (κ2) is 7.62. The van der Waals surface area contributed by atoms with E-state index in [0.29, 0.717) is 24.8 Å². The van der Waals surface area contributed by atoms with Gasteiger partial charge in [-0.05, 0) is 12.5 Å². The topological polar surface area (TPSA) is 81.2 Å². The molecule has 0 saturated heterocycles. The summed E-state index contributed by atoms with van der Waals surface area (Å²) in [4.78, 5) is 4.08. The summed E-state index contributed by atoms with van der Waals surface area (Å²) in [6.07, 6.45) is 2.20. The fraction of sp³-hybridized carbons (Fsp3) is 0.500. The number of pyridine rings is 1. The highest BCUT2D eigenvalue weighted by Crippen LogP contribution is 2.06. The largest absolute Gasteiger partial charge is 0.475 e. The van der Waals surface area contributed by atoms with Gasteiger partial charge in [0.15, 0.2) is 0 Å². The highest BCUT2D eigenvalue weighted by atomic mass is 16.5. The molecule has 0 amide bonds. The van der Waals surface area contributed by atoms with E-state index >= 15 is 0 Å². The van der Waals surface area contributed by atoms with E-state index in [0.717, 1.165) is 19.4 Å². The number of aromatic nitrogens is 1. The number of nitrogens with two attached hydrogens (primary N) is 1. The van der Waals surface area contributed by atoms with Crippen molar-refractivity contribution in [2.75, 3.05) is 19.8 Å². The number of nitrogen functional groups attached to an aromatic ring is 1. The molecule has 0 fully saturated rings. The number of nitrogens with zero attached hydrogens (tertiary/aromatic N) is 1. The van der Waals surface area contributed by atoms with Crippen LogP contribution in [0.1, 0.15) is 25.5 Å². The third-order valence-corrected chi connectivity index (χ3v) is 2.12. The lowest BCUT2D eigenvalue weighted by atomic mass is 10.3. The van der Waals surface area contributed by atoms with Crippen molar-refractivity contribution in [1.29, 1.82) is 5.41 Å². The number of hydrogen-bond donors (Lipinski definition) is 2. The number of hydrogen-bond acceptors (Lipinski definition) is 4. The Morgan fingerprint density at radius 1 is 1.35 bits per heavy atom. The minimum Gasteiger partial charge on any atom is -0.475 e. The Morgan fingerprint density at radius 3 is 2.88 bits per heavy atom. The minimum atomic E-state index is -0.0605. The zero-order valence-corrected chi connectivity index (χ0v) is 10.1. The van der Waals surface area contributed by atoms with Gasteiger partial charge in [-0.25, -0.2) is 4.98 Å². The Bertz CT molecular complexity index is 355. The standard InChI is InChI=1S/C12H19N3O2/c1-2-3-7-16-8-9-17-11-6-4-5-10(15-11)12(13)14/h4-6H,2-3,7-9H2,1H3,(H3,13,14). The Hall–Kier alpha value is -1.62. The molecule has 3 N–H and O–H groups in total. The summed E-state index contributed by atoms with van der Waals surface area (Å²) in [7, 11) is 0. The van der Waals surface area contributed by atoms with Gasteiger partial charge in [0.2, 0.25) is 5.88 Å². The van der Waals surface area contributed by atoms with E-state index in [4.69, 9.17) is 20.6 Å². The molecule has 5 heteroatoms. The number of unbranched alkanes of at least 4 members (excludes halogenated alkanes) is 1. The van der Waals surface area contributed by atoms with E-state index in [9.17, 15) is 0 Å². The van der Waals surface area contributed by atoms with Crippen molar-refractivity contribution in [2.24, 2.45) is 5.73 Å². The molecule has 1 rings (SSSR count). The molecule has 0 unspecified atom stereocenters. The zero-order chi connectivity index (χ0) is 12.5. The van der Waals surface area contributed by atoms with Crippen molar-refractivity contribution in [3.8, 4) is 5.88 Å². The maximum atomic E-state index is 7.26. The van der Waals surface area contributed by atoms with Crippen LogP contribution in [0.5, 0.6) is 5.88 Å². The summed E-state index contributed by atoms with van der Waals surface area (Å²) >= 11 is 0. The Kier molecular flexibility index (Phi) is 6.03. The van der Waals surface area contributed by atoms with Crippen LogP contribution in [-0.4, -0.2) is 30.6 Å². The van der Waals surface area contributed by atoms with Gasteiger partial charge in [0.1, 0.15) is 18.1 Å². The van der Waals surface area contributed by atoms with Gasteiger partial charge in [-0.3, -0.25) is 5.41 Å². The average molecular weight is 237 g/mol. The molecule has 1 heterocycles. The van der Waals surface area contributed by atoms with E-state index < -0.39 is 0 Å². The highest BCUT2D eigenvalue weighted by Gasteiger charge is 2.00. The molecule has 0 radical (unpaired) electrons. The van der Waals surface area contributed by atoms with Crippen molar-refractivity contribution in [3.63, 3.8) is 0 Å². The van der Waals surface area contributed by atoms with Gasteiger partial charge in [0.25, 0.3) is 0 Å². The molecule has 17 heavy (non-hydrogen) atoms. The minimum absolute atomic E-state index is 0.0605. The quantitative estimate of drug-likeness (QED) is 0.408. The molecule has 0 saturated carbocycles. The molecule has 0 bridgehead atoms. The molecule has 0 spiro atoms. The Morgan fingerprint density at radius 2 is 2.18 bits per heavy atom. The Balaban J connectivity index is 2.27. The number of nitrogens with one attached hydrogen (secondary N) is 1. The lowest BCUT2D eigenvalue weighted by Crippen LogP contribution is -2.14. The van der Waals surface area contributed by atoms with Crippen LogP contribution >= 0.6 is 0 Å². The summed E-state index contributed by atoms with van der Waals surface area (Å²) in [5.41, 5.74) is 5.76. The molecule has 1 aromatic rings. The Labute approximate surface area is 101 Å². The third-order valence-electron chi connectivity index (χ3n) is 2.12. The van der Waals surface area contributed by atoms with Crippen LogP contribution in [0.2, 0.25) is 0 Å². The first kappa shape index (κ1) is 13.4. The first-order valence-electron chi connectivity index (χ1n) is 5.76. The highest BCUT2D eigenvalue weighted by molar-refractivity contribution is 5.93. The molecule has 0 aliphatic rings. The van der Waals surface area contributed by atoms with Crippen LogP contribution in [0.15, 0.2) is 18.2 Å². The van der Waals surface area contributed by atoms with Crippen LogP contribution in [-0.2, 0) is 4.74 Å². The second-order valence-electron chi connectivity index (χ2n) is 3.59. The van der Waals surface area contributed by atoms with E-state index in [-0.39, 0.29) is 5.84 Å². The third kappa shape index (κ3) is 5.31. The maximum Gasteiger partial charge on any atom is 0.213 e. The summed E-state index contributed by atoms with van der Waals surface area (Å²) in [6, 6.07) is 5.17. The normalized spacial score (nSPS) is 10.2. The summed E-state index contributed by atoms with van der Waals surface area (Å²) in [5.74, 6) is 0.409. The van der Waals surface area contributed by atoms with Crippen LogP contribution in [0.25, 0.3) is 0 Å².